The van der Waals surface area contributed by atoms with Gasteiger partial charge < -0.3 is 9.05 Å². The van der Waals surface area contributed by atoms with Crippen molar-refractivity contribution in [2.24, 2.45) is 0 Å². The van der Waals surface area contributed by atoms with Gasteiger partial charge in [-0.05, 0) is 24.3 Å². The molecule has 0 spiro atoms. The molecule has 2 aromatic rings. The summed E-state index contributed by atoms with van der Waals surface area (Å²) in [5.41, 5.74) is 0. The van der Waals surface area contributed by atoms with Crippen LogP contribution < -0.4 is 9.05 Å². The van der Waals surface area contributed by atoms with Crippen molar-refractivity contribution in [2.75, 3.05) is 39.5 Å². The molecule has 1 aliphatic rings. The largest absolute Gasteiger partial charge is 0.433 e. The normalized spacial score (nSPS) is 20.4. The first-order valence-corrected chi connectivity index (χ1v) is 12.7. The Balaban J connectivity index is 1.52. The molecule has 1 heterocycles. The predicted octanol–water partition coefficient (Wildman–Crippen LogP) is 4.34. The van der Waals surface area contributed by atoms with Gasteiger partial charge in [-0.1, -0.05) is 36.4 Å². The van der Waals surface area contributed by atoms with Crippen molar-refractivity contribution in [1.82, 2.24) is 9.73 Å². The summed E-state index contributed by atoms with van der Waals surface area (Å²) in [7, 11) is -6.26. The van der Waals surface area contributed by atoms with Gasteiger partial charge in [-0.2, -0.15) is 5.06 Å². The van der Waals surface area contributed by atoms with Crippen LogP contribution in [0, 0.1) is 0 Å². The van der Waals surface area contributed by atoms with Crippen LogP contribution in [0.25, 0.3) is 0 Å². The first kappa shape index (κ1) is 20.1. The van der Waals surface area contributed by atoms with Crippen molar-refractivity contribution in [3.8, 4) is 11.5 Å². The Labute approximate surface area is 159 Å². The summed E-state index contributed by atoms with van der Waals surface area (Å²) in [6.45, 7) is 4.91. The zero-order chi connectivity index (χ0) is 19.3. The topological polar surface area (TPSA) is 68.3 Å². The Morgan fingerprint density at radius 2 is 1.22 bits per heavy atom. The number of piperazine rings is 1. The maximum atomic E-state index is 12.9. The van der Waals surface area contributed by atoms with Crippen LogP contribution in [0.4, 0.5) is 0 Å². The molecule has 2 unspecified atom stereocenters. The Kier molecular flexibility index (Phi) is 6.40. The van der Waals surface area contributed by atoms with E-state index in [0.29, 0.717) is 37.7 Å². The van der Waals surface area contributed by atoms with Crippen LogP contribution in [0.15, 0.2) is 60.7 Å². The lowest BCUT2D eigenvalue weighted by Gasteiger charge is -2.36. The van der Waals surface area contributed by atoms with E-state index in [0.717, 1.165) is 0 Å². The third kappa shape index (κ3) is 5.93. The number of para-hydroxylation sites is 2. The molecule has 0 bridgehead atoms. The summed E-state index contributed by atoms with van der Waals surface area (Å²) in [5, 5.41) is 1.60. The molecule has 1 fully saturated rings. The third-order valence-electron chi connectivity index (χ3n) is 4.03. The SMILES string of the molecule is CP(=O)(Oc1ccccc1)ON1CCN(P(C)(=O)Oc2ccccc2)CC1. The van der Waals surface area contributed by atoms with Crippen LogP contribution in [-0.2, 0) is 13.8 Å². The minimum Gasteiger partial charge on any atom is -0.433 e. The van der Waals surface area contributed by atoms with Crippen molar-refractivity contribution in [1.29, 1.82) is 0 Å². The fraction of sp³-hybridized carbons (Fsp3) is 0.333. The van der Waals surface area contributed by atoms with Crippen LogP contribution in [0.1, 0.15) is 0 Å². The molecular formula is C18H24N2O5P2. The number of hydrogen-bond donors (Lipinski definition) is 0. The van der Waals surface area contributed by atoms with Gasteiger partial charge in [0.25, 0.3) is 0 Å². The zero-order valence-corrected chi connectivity index (χ0v) is 17.2. The summed E-state index contributed by atoms with van der Waals surface area (Å²) in [5.74, 6) is 1.08. The van der Waals surface area contributed by atoms with Gasteiger partial charge >= 0.3 is 15.1 Å². The molecule has 2 atom stereocenters. The molecule has 0 saturated carbocycles. The molecule has 1 aliphatic heterocycles. The molecule has 7 nitrogen and oxygen atoms in total. The van der Waals surface area contributed by atoms with Crippen LogP contribution >= 0.6 is 15.1 Å². The molecule has 2 aromatic carbocycles. The van der Waals surface area contributed by atoms with E-state index in [9.17, 15) is 9.13 Å². The summed E-state index contributed by atoms with van der Waals surface area (Å²) in [4.78, 5) is 0. The molecule has 0 radical (unpaired) electrons. The lowest BCUT2D eigenvalue weighted by Crippen LogP contribution is -2.44. The number of benzene rings is 2. The lowest BCUT2D eigenvalue weighted by molar-refractivity contribution is -0.0836. The second-order valence-electron chi connectivity index (χ2n) is 6.35. The fourth-order valence-electron chi connectivity index (χ4n) is 2.76. The number of nitrogens with zero attached hydrogens (tertiary/aromatic N) is 2. The van der Waals surface area contributed by atoms with E-state index in [4.69, 9.17) is 13.7 Å². The van der Waals surface area contributed by atoms with E-state index < -0.39 is 15.1 Å². The van der Waals surface area contributed by atoms with Gasteiger partial charge in [0, 0.05) is 32.8 Å². The summed E-state index contributed by atoms with van der Waals surface area (Å²) in [6, 6.07) is 18.0. The quantitative estimate of drug-likeness (QED) is 0.629. The predicted molar refractivity (Wildman–Crippen MR) is 105 cm³/mol. The van der Waals surface area contributed by atoms with Gasteiger partial charge in [-0.3, -0.25) is 4.57 Å². The van der Waals surface area contributed by atoms with Crippen molar-refractivity contribution < 1.29 is 22.8 Å². The van der Waals surface area contributed by atoms with Gasteiger partial charge in [0.05, 0.1) is 6.66 Å². The standard InChI is InChI=1S/C18H24N2O5P2/c1-26(21,23-17-9-5-3-6-10-17)20-15-13-19(14-16-20)25-27(2,22)24-18-11-7-4-8-12-18/h3-12H,13-16H2,1-2H3. The Morgan fingerprint density at radius 3 is 1.74 bits per heavy atom. The van der Waals surface area contributed by atoms with Crippen molar-refractivity contribution >= 4 is 15.1 Å². The lowest BCUT2D eigenvalue weighted by atomic mass is 10.3. The van der Waals surface area contributed by atoms with Crippen molar-refractivity contribution in [3.05, 3.63) is 60.7 Å². The van der Waals surface area contributed by atoms with E-state index in [-0.39, 0.29) is 0 Å². The molecule has 0 amide bonds. The van der Waals surface area contributed by atoms with E-state index >= 15 is 0 Å². The summed E-state index contributed by atoms with van der Waals surface area (Å²) < 4.78 is 44.1. The van der Waals surface area contributed by atoms with Crippen molar-refractivity contribution in [2.45, 2.75) is 0 Å². The van der Waals surface area contributed by atoms with Gasteiger partial charge in [0.15, 0.2) is 0 Å². The highest BCUT2D eigenvalue weighted by Crippen LogP contribution is 2.49. The molecule has 9 heteroatoms. The highest BCUT2D eigenvalue weighted by Gasteiger charge is 2.33. The van der Waals surface area contributed by atoms with Crippen molar-refractivity contribution in [3.63, 3.8) is 0 Å². The summed E-state index contributed by atoms with van der Waals surface area (Å²) >= 11 is 0. The minimum absolute atomic E-state index is 0.450. The third-order valence-corrected chi connectivity index (χ3v) is 7.07. The maximum absolute atomic E-state index is 12.9. The second kappa shape index (κ2) is 8.59. The van der Waals surface area contributed by atoms with E-state index in [1.807, 2.05) is 24.3 Å². The first-order chi connectivity index (χ1) is 12.8. The molecule has 27 heavy (non-hydrogen) atoms. The molecular weight excluding hydrogens is 386 g/mol. The highest BCUT2D eigenvalue weighted by atomic mass is 31.2. The Morgan fingerprint density at radius 1 is 0.741 bits per heavy atom. The van der Waals surface area contributed by atoms with Crippen LogP contribution in [0.5, 0.6) is 11.5 Å². The monoisotopic (exact) mass is 410 g/mol. The van der Waals surface area contributed by atoms with E-state index in [1.54, 1.807) is 52.8 Å². The molecule has 0 aliphatic carbocycles. The Bertz CT molecular complexity index is 826. The van der Waals surface area contributed by atoms with Gasteiger partial charge in [-0.15, -0.1) is 0 Å². The fourth-order valence-corrected chi connectivity index (χ4v) is 5.41. The summed E-state index contributed by atoms with van der Waals surface area (Å²) in [6.07, 6.45) is 0. The highest BCUT2D eigenvalue weighted by molar-refractivity contribution is 7.56. The van der Waals surface area contributed by atoms with E-state index in [2.05, 4.69) is 0 Å². The molecule has 0 aromatic heterocycles. The molecule has 0 N–H and O–H groups in total. The Hall–Kier alpha value is -1.62. The second-order valence-corrected chi connectivity index (χ2v) is 10.6. The van der Waals surface area contributed by atoms with Gasteiger partial charge in [0.2, 0.25) is 0 Å². The zero-order valence-electron chi connectivity index (χ0n) is 15.4. The van der Waals surface area contributed by atoms with Crippen LogP contribution in [0.2, 0.25) is 0 Å². The average molecular weight is 410 g/mol. The smallest absolute Gasteiger partial charge is 0.392 e. The van der Waals surface area contributed by atoms with E-state index in [1.165, 1.54) is 6.66 Å². The van der Waals surface area contributed by atoms with Gasteiger partial charge in [0.1, 0.15) is 11.5 Å². The molecule has 3 rings (SSSR count). The van der Waals surface area contributed by atoms with Crippen LogP contribution in [-0.4, -0.2) is 49.2 Å². The first-order valence-electron chi connectivity index (χ1n) is 8.68. The van der Waals surface area contributed by atoms with Gasteiger partial charge in [-0.25, -0.2) is 13.9 Å². The molecule has 146 valence electrons. The minimum atomic E-state index is -3.29. The molecule has 1 saturated heterocycles. The van der Waals surface area contributed by atoms with Crippen LogP contribution in [0.3, 0.4) is 0 Å². The number of rotatable bonds is 7. The average Bonchev–Trinajstić information content (AvgIpc) is 2.63. The number of hydrogen-bond acceptors (Lipinski definition) is 6. The number of hydroxylamine groups is 2. The maximum Gasteiger partial charge on any atom is 0.392 e.